The molecule has 1 amide bonds. The van der Waals surface area contributed by atoms with Crippen LogP contribution in [0.2, 0.25) is 0 Å². The van der Waals surface area contributed by atoms with Gasteiger partial charge in [0, 0.05) is 23.1 Å². The third-order valence-corrected chi connectivity index (χ3v) is 4.35. The molecule has 0 saturated heterocycles. The average molecular weight is 331 g/mol. The first-order valence-electron chi connectivity index (χ1n) is 8.22. The van der Waals surface area contributed by atoms with E-state index in [-0.39, 0.29) is 24.1 Å². The highest BCUT2D eigenvalue weighted by Crippen LogP contribution is 2.25. The van der Waals surface area contributed by atoms with Crippen LogP contribution in [-0.2, 0) is 20.7 Å². The third-order valence-electron chi connectivity index (χ3n) is 4.35. The summed E-state index contributed by atoms with van der Waals surface area (Å²) >= 11 is 0. The Balaban J connectivity index is 1.56. The zero-order valence-corrected chi connectivity index (χ0v) is 13.6. The van der Waals surface area contributed by atoms with Crippen molar-refractivity contribution in [2.24, 2.45) is 0 Å². The number of esters is 1. The quantitative estimate of drug-likeness (QED) is 0.822. The Bertz CT molecular complexity index is 745. The van der Waals surface area contributed by atoms with Crippen molar-refractivity contribution in [1.29, 1.82) is 0 Å². The van der Waals surface area contributed by atoms with E-state index in [9.17, 15) is 14.7 Å². The first-order valence-corrected chi connectivity index (χ1v) is 8.22. The number of furan rings is 1. The number of phenols is 1. The van der Waals surface area contributed by atoms with Crippen LogP contribution in [0.5, 0.6) is 5.75 Å². The smallest absolute Gasteiger partial charge is 0.311 e. The predicted octanol–water partition coefficient (Wildman–Crippen LogP) is 2.67. The molecule has 6 nitrogen and oxygen atoms in total. The summed E-state index contributed by atoms with van der Waals surface area (Å²) in [5.74, 6) is -0.639. The molecule has 0 radical (unpaired) electrons. The molecule has 0 spiro atoms. The second-order valence-electron chi connectivity index (χ2n) is 6.24. The minimum absolute atomic E-state index is 0.0127. The van der Waals surface area contributed by atoms with Gasteiger partial charge in [0.1, 0.15) is 11.3 Å². The zero-order chi connectivity index (χ0) is 17.1. The Hall–Kier alpha value is -2.50. The van der Waals surface area contributed by atoms with Gasteiger partial charge in [-0.1, -0.05) is 12.8 Å². The molecule has 0 bridgehead atoms. The lowest BCUT2D eigenvalue weighted by atomic mass is 10.1. The van der Waals surface area contributed by atoms with E-state index in [1.165, 1.54) is 18.4 Å². The van der Waals surface area contributed by atoms with Gasteiger partial charge in [-0.25, -0.2) is 0 Å². The van der Waals surface area contributed by atoms with E-state index in [4.69, 9.17) is 9.15 Å². The van der Waals surface area contributed by atoms with Crippen LogP contribution in [0.1, 0.15) is 38.2 Å². The minimum atomic E-state index is -0.819. The number of hydrogen-bond acceptors (Lipinski definition) is 5. The Morgan fingerprint density at radius 3 is 2.88 bits per heavy atom. The molecule has 1 aromatic heterocycles. The van der Waals surface area contributed by atoms with E-state index >= 15 is 0 Å². The van der Waals surface area contributed by atoms with Crippen molar-refractivity contribution in [1.82, 2.24) is 5.32 Å². The van der Waals surface area contributed by atoms with Crippen molar-refractivity contribution in [3.63, 3.8) is 0 Å². The van der Waals surface area contributed by atoms with Gasteiger partial charge in [-0.2, -0.15) is 0 Å². The van der Waals surface area contributed by atoms with E-state index in [0.717, 1.165) is 31.1 Å². The molecule has 1 saturated carbocycles. The van der Waals surface area contributed by atoms with Crippen molar-refractivity contribution in [2.45, 2.75) is 51.2 Å². The van der Waals surface area contributed by atoms with Gasteiger partial charge in [0.2, 0.25) is 0 Å². The highest BCUT2D eigenvalue weighted by atomic mass is 16.5. The maximum Gasteiger partial charge on any atom is 0.311 e. The lowest BCUT2D eigenvalue weighted by molar-refractivity contribution is -0.154. The number of aromatic hydroxyl groups is 1. The van der Waals surface area contributed by atoms with Crippen molar-refractivity contribution < 1.29 is 23.8 Å². The van der Waals surface area contributed by atoms with Crippen LogP contribution in [0, 0.1) is 0 Å². The number of carbonyl (C=O) groups is 2. The molecule has 2 aromatic rings. The molecular formula is C18H21NO5. The summed E-state index contributed by atoms with van der Waals surface area (Å²) in [5.41, 5.74) is 1.17. The fourth-order valence-corrected chi connectivity index (χ4v) is 3.05. The number of amides is 1. The summed E-state index contributed by atoms with van der Waals surface area (Å²) in [4.78, 5) is 24.1. The predicted molar refractivity (Wildman–Crippen MR) is 87.5 cm³/mol. The number of carbonyl (C=O) groups excluding carboxylic acids is 2. The maximum atomic E-state index is 12.1. The molecule has 1 aliphatic rings. The molecule has 1 heterocycles. The van der Waals surface area contributed by atoms with Crippen molar-refractivity contribution in [3.8, 4) is 5.75 Å². The van der Waals surface area contributed by atoms with Gasteiger partial charge in [0.25, 0.3) is 5.91 Å². The van der Waals surface area contributed by atoms with Crippen LogP contribution in [-0.4, -0.2) is 29.1 Å². The van der Waals surface area contributed by atoms with E-state index in [2.05, 4.69) is 5.32 Å². The van der Waals surface area contributed by atoms with Gasteiger partial charge in [-0.05, 0) is 31.9 Å². The van der Waals surface area contributed by atoms with Gasteiger partial charge in [-0.15, -0.1) is 0 Å². The highest BCUT2D eigenvalue weighted by Gasteiger charge is 2.23. The van der Waals surface area contributed by atoms with Gasteiger partial charge >= 0.3 is 5.97 Å². The minimum Gasteiger partial charge on any atom is -0.508 e. The Kier molecular flexibility index (Phi) is 4.74. The summed E-state index contributed by atoms with van der Waals surface area (Å²) in [6.07, 6.45) is 4.89. The normalized spacial score (nSPS) is 16.2. The fraction of sp³-hybridized carbons (Fsp3) is 0.444. The van der Waals surface area contributed by atoms with Crippen LogP contribution in [0.25, 0.3) is 11.0 Å². The topological polar surface area (TPSA) is 88.8 Å². The first kappa shape index (κ1) is 16.4. The Morgan fingerprint density at radius 2 is 2.12 bits per heavy atom. The molecule has 1 aromatic carbocycles. The summed E-state index contributed by atoms with van der Waals surface area (Å²) in [5, 5.41) is 13.1. The van der Waals surface area contributed by atoms with E-state index in [0.29, 0.717) is 11.1 Å². The van der Waals surface area contributed by atoms with E-state index < -0.39 is 12.1 Å². The Labute approximate surface area is 139 Å². The SMILES string of the molecule is C[C@H](OC(=O)Cc1coc2cc(O)ccc12)C(=O)NC1CCCC1. The van der Waals surface area contributed by atoms with Gasteiger partial charge in [-0.3, -0.25) is 9.59 Å². The van der Waals surface area contributed by atoms with Crippen LogP contribution in [0.3, 0.4) is 0 Å². The van der Waals surface area contributed by atoms with E-state index in [1.807, 2.05) is 0 Å². The summed E-state index contributed by atoms with van der Waals surface area (Å²) in [6.45, 7) is 1.58. The number of hydrogen-bond donors (Lipinski definition) is 2. The summed E-state index contributed by atoms with van der Waals surface area (Å²) in [6, 6.07) is 4.91. The van der Waals surface area contributed by atoms with Crippen molar-refractivity contribution >= 4 is 22.8 Å². The zero-order valence-electron chi connectivity index (χ0n) is 13.6. The van der Waals surface area contributed by atoms with Gasteiger partial charge in [0.15, 0.2) is 6.10 Å². The van der Waals surface area contributed by atoms with Crippen LogP contribution < -0.4 is 5.32 Å². The van der Waals surface area contributed by atoms with Gasteiger partial charge in [0.05, 0.1) is 12.7 Å². The summed E-state index contributed by atoms with van der Waals surface area (Å²) in [7, 11) is 0. The standard InChI is InChI=1S/C18H21NO5/c1-11(18(22)19-13-4-2-3-5-13)24-17(21)8-12-10-23-16-9-14(20)6-7-15(12)16/h6-7,9-11,13,20H,2-5,8H2,1H3,(H,19,22)/t11-/m0/s1. The number of rotatable bonds is 5. The first-order chi connectivity index (χ1) is 11.5. The molecular weight excluding hydrogens is 310 g/mol. The maximum absolute atomic E-state index is 12.1. The molecule has 0 aliphatic heterocycles. The van der Waals surface area contributed by atoms with Crippen LogP contribution in [0.4, 0.5) is 0 Å². The Morgan fingerprint density at radius 1 is 1.38 bits per heavy atom. The number of nitrogens with one attached hydrogen (secondary N) is 1. The molecule has 1 aliphatic carbocycles. The number of phenolic OH excluding ortho intramolecular Hbond substituents is 1. The summed E-state index contributed by atoms with van der Waals surface area (Å²) < 4.78 is 10.6. The molecule has 6 heteroatoms. The molecule has 3 rings (SSSR count). The highest BCUT2D eigenvalue weighted by molar-refractivity contribution is 5.88. The van der Waals surface area contributed by atoms with E-state index in [1.54, 1.807) is 13.0 Å². The molecule has 128 valence electrons. The molecule has 1 atom stereocenters. The third kappa shape index (κ3) is 3.69. The lowest BCUT2D eigenvalue weighted by Gasteiger charge is -2.17. The largest absolute Gasteiger partial charge is 0.508 e. The lowest BCUT2D eigenvalue weighted by Crippen LogP contribution is -2.41. The molecule has 24 heavy (non-hydrogen) atoms. The number of benzene rings is 1. The monoisotopic (exact) mass is 331 g/mol. The van der Waals surface area contributed by atoms with Crippen molar-refractivity contribution in [2.75, 3.05) is 0 Å². The number of ether oxygens (including phenoxy) is 1. The molecule has 1 fully saturated rings. The van der Waals surface area contributed by atoms with Crippen molar-refractivity contribution in [3.05, 3.63) is 30.0 Å². The molecule has 0 unspecified atom stereocenters. The second-order valence-corrected chi connectivity index (χ2v) is 6.24. The number of fused-ring (bicyclic) bond motifs is 1. The van der Waals surface area contributed by atoms with Crippen LogP contribution >= 0.6 is 0 Å². The fourth-order valence-electron chi connectivity index (χ4n) is 3.05. The van der Waals surface area contributed by atoms with Gasteiger partial charge < -0.3 is 19.6 Å². The molecule has 2 N–H and O–H groups in total. The van der Waals surface area contributed by atoms with Crippen LogP contribution in [0.15, 0.2) is 28.9 Å². The second kappa shape index (κ2) is 6.95. The average Bonchev–Trinajstić information content (AvgIpc) is 3.17.